The molecule has 1 heterocycles. The van der Waals surface area contributed by atoms with Crippen molar-refractivity contribution in [3.05, 3.63) is 11.7 Å². The molecule has 80 valence electrons. The molecule has 0 saturated heterocycles. The molecule has 1 aromatic heterocycles. The van der Waals surface area contributed by atoms with Crippen molar-refractivity contribution in [1.82, 2.24) is 15.5 Å². The smallest absolute Gasteiger partial charge is 0.246 e. The molecule has 0 fully saturated rings. The summed E-state index contributed by atoms with van der Waals surface area (Å²) in [4.78, 5) is 15.4. The second-order valence-corrected chi connectivity index (χ2v) is 3.65. The summed E-state index contributed by atoms with van der Waals surface area (Å²) >= 11 is 0. The maximum atomic E-state index is 11.5. The van der Waals surface area contributed by atoms with Crippen molar-refractivity contribution in [2.75, 3.05) is 0 Å². The third kappa shape index (κ3) is 2.77. The van der Waals surface area contributed by atoms with Crippen molar-refractivity contribution in [2.45, 2.75) is 27.3 Å². The number of rotatable bonds is 3. The number of carbonyl (C=O) groups is 1. The zero-order valence-corrected chi connectivity index (χ0v) is 8.87. The van der Waals surface area contributed by atoms with Gasteiger partial charge < -0.3 is 9.84 Å². The Morgan fingerprint density at radius 1 is 1.67 bits per heavy atom. The fourth-order valence-electron chi connectivity index (χ4n) is 0.839. The van der Waals surface area contributed by atoms with Crippen LogP contribution in [0.3, 0.4) is 0 Å². The number of nitrogens with zero attached hydrogens (tertiary/aromatic N) is 3. The van der Waals surface area contributed by atoms with Gasteiger partial charge >= 0.3 is 0 Å². The van der Waals surface area contributed by atoms with Crippen LogP contribution in [0.4, 0.5) is 0 Å². The van der Waals surface area contributed by atoms with Gasteiger partial charge in [-0.1, -0.05) is 5.16 Å². The molecule has 0 aliphatic heterocycles. The summed E-state index contributed by atoms with van der Waals surface area (Å²) in [5, 5.41) is 14.8. The topological polar surface area (TPSA) is 91.8 Å². The van der Waals surface area contributed by atoms with Gasteiger partial charge in [0.05, 0.1) is 12.6 Å². The molecule has 0 aliphatic carbocycles. The first kappa shape index (κ1) is 11.2. The van der Waals surface area contributed by atoms with Crippen LogP contribution in [0, 0.1) is 23.7 Å². The Balaban J connectivity index is 2.52. The molecule has 1 rings (SSSR count). The predicted molar refractivity (Wildman–Crippen MR) is 50.3 cm³/mol. The number of amides is 1. The lowest BCUT2D eigenvalue weighted by molar-refractivity contribution is -0.127. The lowest BCUT2D eigenvalue weighted by atomic mass is 9.95. The number of hydrogen-bond acceptors (Lipinski definition) is 5. The Morgan fingerprint density at radius 3 is 2.80 bits per heavy atom. The lowest BCUT2D eigenvalue weighted by Gasteiger charge is -2.13. The van der Waals surface area contributed by atoms with Crippen molar-refractivity contribution in [1.29, 1.82) is 5.26 Å². The number of hydrogen-bond donors (Lipinski definition) is 1. The van der Waals surface area contributed by atoms with Crippen molar-refractivity contribution in [3.63, 3.8) is 0 Å². The van der Waals surface area contributed by atoms with E-state index in [0.29, 0.717) is 11.7 Å². The van der Waals surface area contributed by atoms with E-state index in [4.69, 9.17) is 9.78 Å². The summed E-state index contributed by atoms with van der Waals surface area (Å²) in [7, 11) is 0. The Bertz CT molecular complexity index is 402. The lowest BCUT2D eigenvalue weighted by Crippen LogP contribution is -2.35. The summed E-state index contributed by atoms with van der Waals surface area (Å²) in [6.45, 7) is 4.92. The zero-order chi connectivity index (χ0) is 11.5. The van der Waals surface area contributed by atoms with Gasteiger partial charge in [0.1, 0.15) is 5.41 Å². The number of nitriles is 1. The van der Waals surface area contributed by atoms with Gasteiger partial charge in [-0.25, -0.2) is 0 Å². The molecule has 6 heteroatoms. The second-order valence-electron chi connectivity index (χ2n) is 3.65. The van der Waals surface area contributed by atoms with Crippen molar-refractivity contribution >= 4 is 5.91 Å². The van der Waals surface area contributed by atoms with Gasteiger partial charge in [0.2, 0.25) is 11.8 Å². The number of nitrogens with one attached hydrogen (secondary N) is 1. The monoisotopic (exact) mass is 208 g/mol. The van der Waals surface area contributed by atoms with Gasteiger partial charge in [0.25, 0.3) is 0 Å². The second kappa shape index (κ2) is 4.09. The molecule has 0 aromatic carbocycles. The first-order valence-corrected chi connectivity index (χ1v) is 4.44. The minimum absolute atomic E-state index is 0.144. The predicted octanol–water partition coefficient (Wildman–Crippen LogP) is 0.544. The van der Waals surface area contributed by atoms with Crippen LogP contribution in [0.2, 0.25) is 0 Å². The van der Waals surface area contributed by atoms with Crippen molar-refractivity contribution < 1.29 is 9.32 Å². The highest BCUT2D eigenvalue weighted by Crippen LogP contribution is 2.12. The molecule has 1 aromatic rings. The first-order valence-electron chi connectivity index (χ1n) is 4.44. The largest absolute Gasteiger partial charge is 0.346 e. The van der Waals surface area contributed by atoms with E-state index < -0.39 is 5.41 Å². The third-order valence-corrected chi connectivity index (χ3v) is 1.82. The molecule has 0 spiro atoms. The Morgan fingerprint density at radius 2 is 2.33 bits per heavy atom. The third-order valence-electron chi connectivity index (χ3n) is 1.82. The zero-order valence-electron chi connectivity index (χ0n) is 8.87. The maximum Gasteiger partial charge on any atom is 0.246 e. The van der Waals surface area contributed by atoms with E-state index in [-0.39, 0.29) is 12.5 Å². The summed E-state index contributed by atoms with van der Waals surface area (Å²) < 4.78 is 4.80. The Hall–Kier alpha value is -1.90. The van der Waals surface area contributed by atoms with Gasteiger partial charge in [0, 0.05) is 0 Å². The molecule has 0 aliphatic rings. The fourth-order valence-corrected chi connectivity index (χ4v) is 0.839. The van der Waals surface area contributed by atoms with Crippen LogP contribution >= 0.6 is 0 Å². The molecule has 1 N–H and O–H groups in total. The van der Waals surface area contributed by atoms with Crippen LogP contribution in [0.25, 0.3) is 0 Å². The highest BCUT2D eigenvalue weighted by atomic mass is 16.5. The van der Waals surface area contributed by atoms with Crippen LogP contribution in [-0.2, 0) is 11.3 Å². The van der Waals surface area contributed by atoms with Gasteiger partial charge in [-0.05, 0) is 20.8 Å². The highest BCUT2D eigenvalue weighted by Gasteiger charge is 2.27. The van der Waals surface area contributed by atoms with Crippen LogP contribution in [0.15, 0.2) is 4.52 Å². The van der Waals surface area contributed by atoms with Gasteiger partial charge in [-0.15, -0.1) is 0 Å². The minimum Gasteiger partial charge on any atom is -0.346 e. The number of aryl methyl sites for hydroxylation is 1. The highest BCUT2D eigenvalue weighted by molar-refractivity contribution is 5.84. The molecule has 0 radical (unpaired) electrons. The molecular weight excluding hydrogens is 196 g/mol. The standard InChI is InChI=1S/C9H12N4O2/c1-6-12-7(15-13-6)4-11-8(14)9(2,3)5-10/h4H2,1-3H3,(H,11,14). The molecule has 6 nitrogen and oxygen atoms in total. The molecule has 15 heavy (non-hydrogen) atoms. The van der Waals surface area contributed by atoms with Gasteiger partial charge in [-0.2, -0.15) is 10.2 Å². The van der Waals surface area contributed by atoms with Crippen LogP contribution in [-0.4, -0.2) is 16.0 Å². The van der Waals surface area contributed by atoms with E-state index >= 15 is 0 Å². The average Bonchev–Trinajstić information content (AvgIpc) is 2.60. The summed E-state index contributed by atoms with van der Waals surface area (Å²) in [6, 6.07) is 1.90. The molecule has 0 unspecified atom stereocenters. The van der Waals surface area contributed by atoms with E-state index in [1.807, 2.05) is 6.07 Å². The SMILES string of the molecule is Cc1noc(CNC(=O)C(C)(C)C#N)n1. The number of aromatic nitrogens is 2. The van der Waals surface area contributed by atoms with E-state index in [1.165, 1.54) is 0 Å². The fraction of sp³-hybridized carbons (Fsp3) is 0.556. The average molecular weight is 208 g/mol. The quantitative estimate of drug-likeness (QED) is 0.782. The molecular formula is C9H12N4O2. The van der Waals surface area contributed by atoms with Gasteiger partial charge in [-0.3, -0.25) is 4.79 Å². The Labute approximate surface area is 87.3 Å². The van der Waals surface area contributed by atoms with Crippen LogP contribution in [0.5, 0.6) is 0 Å². The van der Waals surface area contributed by atoms with Crippen LogP contribution in [0.1, 0.15) is 25.6 Å². The van der Waals surface area contributed by atoms with Gasteiger partial charge in [0.15, 0.2) is 5.82 Å². The summed E-state index contributed by atoms with van der Waals surface area (Å²) in [5.74, 6) is 0.481. The molecule has 1 amide bonds. The summed E-state index contributed by atoms with van der Waals surface area (Å²) in [6.07, 6.45) is 0. The van der Waals surface area contributed by atoms with Crippen molar-refractivity contribution in [2.24, 2.45) is 5.41 Å². The first-order chi connectivity index (χ1) is 6.95. The van der Waals surface area contributed by atoms with E-state index in [9.17, 15) is 4.79 Å². The normalized spacial score (nSPS) is 10.8. The van der Waals surface area contributed by atoms with E-state index in [0.717, 1.165) is 0 Å². The molecule has 0 atom stereocenters. The molecule has 0 bridgehead atoms. The summed E-state index contributed by atoms with van der Waals surface area (Å²) in [5.41, 5.74) is -1.05. The Kier molecular flexibility index (Phi) is 3.04. The van der Waals surface area contributed by atoms with Crippen LogP contribution < -0.4 is 5.32 Å². The minimum atomic E-state index is -1.05. The number of carbonyl (C=O) groups excluding carboxylic acids is 1. The maximum absolute atomic E-state index is 11.5. The molecule has 0 saturated carbocycles. The van der Waals surface area contributed by atoms with E-state index in [2.05, 4.69) is 15.5 Å². The van der Waals surface area contributed by atoms with Crippen molar-refractivity contribution in [3.8, 4) is 6.07 Å². The van der Waals surface area contributed by atoms with E-state index in [1.54, 1.807) is 20.8 Å².